The van der Waals surface area contributed by atoms with Gasteiger partial charge in [0.2, 0.25) is 0 Å². The lowest BCUT2D eigenvalue weighted by molar-refractivity contribution is 0.174. The summed E-state index contributed by atoms with van der Waals surface area (Å²) in [6, 6.07) is 7.03. The van der Waals surface area contributed by atoms with Gasteiger partial charge in [-0.15, -0.1) is 0 Å². The van der Waals surface area contributed by atoms with Crippen molar-refractivity contribution >= 4 is 0 Å². The molecule has 1 aliphatic carbocycles. The van der Waals surface area contributed by atoms with Crippen molar-refractivity contribution in [2.75, 3.05) is 19.6 Å². The highest BCUT2D eigenvalue weighted by molar-refractivity contribution is 5.44. The largest absolute Gasteiger partial charge is 0.508 e. The average Bonchev–Trinajstić information content (AvgIpc) is 2.85. The Morgan fingerprint density at radius 1 is 1.24 bits per heavy atom. The maximum atomic E-state index is 9.94. The van der Waals surface area contributed by atoms with Gasteiger partial charge in [0.25, 0.3) is 0 Å². The first-order chi connectivity index (χ1) is 10.1. The van der Waals surface area contributed by atoms with E-state index in [4.69, 9.17) is 0 Å². The quantitative estimate of drug-likeness (QED) is 0.893. The van der Waals surface area contributed by atoms with Crippen molar-refractivity contribution < 1.29 is 5.11 Å². The van der Waals surface area contributed by atoms with Crippen molar-refractivity contribution in [1.29, 1.82) is 0 Å². The molecule has 0 radical (unpaired) electrons. The van der Waals surface area contributed by atoms with Crippen LogP contribution < -0.4 is 5.32 Å². The summed E-state index contributed by atoms with van der Waals surface area (Å²) in [5.41, 5.74) is 2.48. The zero-order chi connectivity index (χ0) is 14.8. The number of hydrogen-bond acceptors (Lipinski definition) is 3. The number of piperidine rings is 1. The fraction of sp³-hybridized carbons (Fsp3) is 0.667. The normalized spacial score (nSPS) is 23.7. The molecule has 0 amide bonds. The van der Waals surface area contributed by atoms with Gasteiger partial charge in [0.1, 0.15) is 5.75 Å². The molecule has 1 atom stereocenters. The second kappa shape index (κ2) is 6.37. The van der Waals surface area contributed by atoms with E-state index in [1.165, 1.54) is 38.0 Å². The number of hydrogen-bond donors (Lipinski definition) is 2. The predicted molar refractivity (Wildman–Crippen MR) is 86.6 cm³/mol. The Morgan fingerprint density at radius 3 is 2.71 bits per heavy atom. The molecule has 1 fully saturated rings. The molecule has 1 aliphatic heterocycles. The summed E-state index contributed by atoms with van der Waals surface area (Å²) in [5.74, 6) is 1.24. The van der Waals surface area contributed by atoms with Gasteiger partial charge < -0.3 is 15.3 Å². The number of fused-ring (bicyclic) bond motifs is 1. The summed E-state index contributed by atoms with van der Waals surface area (Å²) in [6.07, 6.45) is 4.62. The third-order valence-corrected chi connectivity index (χ3v) is 4.89. The van der Waals surface area contributed by atoms with Crippen molar-refractivity contribution in [3.8, 4) is 5.75 Å². The SMILES string of the molecule is CC(C)CN1CCC(N[C@H]2CCc3c(O)cccc32)CC1. The number of nitrogens with one attached hydrogen (secondary N) is 1. The van der Waals surface area contributed by atoms with E-state index in [9.17, 15) is 5.11 Å². The molecule has 3 nitrogen and oxygen atoms in total. The number of benzene rings is 1. The molecule has 2 aliphatic rings. The second-order valence-electron chi connectivity index (χ2n) is 7.07. The zero-order valence-corrected chi connectivity index (χ0v) is 13.3. The van der Waals surface area contributed by atoms with E-state index < -0.39 is 0 Å². The molecule has 0 saturated carbocycles. The summed E-state index contributed by atoms with van der Waals surface area (Å²) in [7, 11) is 0. The first-order valence-electron chi connectivity index (χ1n) is 8.42. The van der Waals surface area contributed by atoms with Crippen LogP contribution in [-0.2, 0) is 6.42 Å². The first-order valence-corrected chi connectivity index (χ1v) is 8.42. The van der Waals surface area contributed by atoms with E-state index in [1.54, 1.807) is 0 Å². The molecule has 3 rings (SSSR count). The molecule has 1 aromatic carbocycles. The van der Waals surface area contributed by atoms with Crippen molar-refractivity contribution in [3.63, 3.8) is 0 Å². The lowest BCUT2D eigenvalue weighted by Crippen LogP contribution is -2.44. The fourth-order valence-electron chi connectivity index (χ4n) is 3.89. The van der Waals surface area contributed by atoms with Gasteiger partial charge in [-0.2, -0.15) is 0 Å². The molecule has 1 saturated heterocycles. The Balaban J connectivity index is 1.55. The van der Waals surface area contributed by atoms with Gasteiger partial charge in [-0.05, 0) is 61.9 Å². The lowest BCUT2D eigenvalue weighted by atomic mass is 10.0. The van der Waals surface area contributed by atoms with Crippen molar-refractivity contribution in [3.05, 3.63) is 29.3 Å². The molecule has 0 aromatic heterocycles. The van der Waals surface area contributed by atoms with Gasteiger partial charge in [0.05, 0.1) is 0 Å². The smallest absolute Gasteiger partial charge is 0.119 e. The molecule has 2 N–H and O–H groups in total. The van der Waals surface area contributed by atoms with E-state index in [2.05, 4.69) is 30.1 Å². The van der Waals surface area contributed by atoms with Crippen LogP contribution in [0.3, 0.4) is 0 Å². The van der Waals surface area contributed by atoms with Gasteiger partial charge >= 0.3 is 0 Å². The van der Waals surface area contributed by atoms with E-state index in [1.807, 2.05) is 12.1 Å². The summed E-state index contributed by atoms with van der Waals surface area (Å²) in [4.78, 5) is 2.59. The van der Waals surface area contributed by atoms with Crippen LogP contribution in [0.25, 0.3) is 0 Å². The van der Waals surface area contributed by atoms with Crippen molar-refractivity contribution in [2.24, 2.45) is 5.92 Å². The topological polar surface area (TPSA) is 35.5 Å². The summed E-state index contributed by atoms with van der Waals surface area (Å²) in [5, 5.41) is 13.8. The minimum atomic E-state index is 0.439. The second-order valence-corrected chi connectivity index (χ2v) is 7.07. The number of likely N-dealkylation sites (tertiary alicyclic amines) is 1. The number of rotatable bonds is 4. The number of nitrogens with zero attached hydrogens (tertiary/aromatic N) is 1. The maximum absolute atomic E-state index is 9.94. The Bertz CT molecular complexity index is 478. The highest BCUT2D eigenvalue weighted by Gasteiger charge is 2.28. The van der Waals surface area contributed by atoms with Gasteiger partial charge in [0, 0.05) is 18.6 Å². The van der Waals surface area contributed by atoms with Crippen LogP contribution in [0, 0.1) is 5.92 Å². The molecule has 116 valence electrons. The minimum Gasteiger partial charge on any atom is -0.508 e. The highest BCUT2D eigenvalue weighted by Crippen LogP contribution is 2.36. The van der Waals surface area contributed by atoms with E-state index >= 15 is 0 Å². The van der Waals surface area contributed by atoms with Crippen LogP contribution in [0.2, 0.25) is 0 Å². The Hall–Kier alpha value is -1.06. The zero-order valence-electron chi connectivity index (χ0n) is 13.3. The van der Waals surface area contributed by atoms with Crippen molar-refractivity contribution in [1.82, 2.24) is 10.2 Å². The third kappa shape index (κ3) is 3.41. The molecule has 0 spiro atoms. The number of phenolic OH excluding ortho intramolecular Hbond substituents is 1. The number of aromatic hydroxyl groups is 1. The molecule has 1 heterocycles. The van der Waals surface area contributed by atoms with Crippen LogP contribution in [0.1, 0.15) is 50.3 Å². The molecular formula is C18H28N2O. The highest BCUT2D eigenvalue weighted by atomic mass is 16.3. The van der Waals surface area contributed by atoms with Crippen LogP contribution in [0.15, 0.2) is 18.2 Å². The molecule has 21 heavy (non-hydrogen) atoms. The van der Waals surface area contributed by atoms with Gasteiger partial charge in [-0.3, -0.25) is 0 Å². The molecule has 1 aromatic rings. The summed E-state index contributed by atoms with van der Waals surface area (Å²) >= 11 is 0. The summed E-state index contributed by atoms with van der Waals surface area (Å²) in [6.45, 7) is 8.26. The molecule has 0 unspecified atom stereocenters. The lowest BCUT2D eigenvalue weighted by Gasteiger charge is -2.34. The Labute approximate surface area is 128 Å². The van der Waals surface area contributed by atoms with E-state index in [0.29, 0.717) is 17.8 Å². The Kier molecular flexibility index (Phi) is 4.51. The monoisotopic (exact) mass is 288 g/mol. The van der Waals surface area contributed by atoms with Gasteiger partial charge in [-0.25, -0.2) is 0 Å². The average molecular weight is 288 g/mol. The maximum Gasteiger partial charge on any atom is 0.119 e. The summed E-state index contributed by atoms with van der Waals surface area (Å²) < 4.78 is 0. The Morgan fingerprint density at radius 2 is 2.00 bits per heavy atom. The standard InChI is InChI=1S/C18H28N2O/c1-13(2)12-20-10-8-14(9-11-20)19-17-7-6-16-15(17)4-3-5-18(16)21/h3-5,13-14,17,19,21H,6-12H2,1-2H3/t17-/m0/s1. The van der Waals surface area contributed by atoms with Crippen LogP contribution in [0.5, 0.6) is 5.75 Å². The van der Waals surface area contributed by atoms with E-state index in [0.717, 1.165) is 24.3 Å². The van der Waals surface area contributed by atoms with Crippen LogP contribution in [-0.4, -0.2) is 35.7 Å². The molecule has 3 heteroatoms. The van der Waals surface area contributed by atoms with Gasteiger partial charge in [0.15, 0.2) is 0 Å². The van der Waals surface area contributed by atoms with Crippen LogP contribution in [0.4, 0.5) is 0 Å². The first kappa shape index (κ1) is 14.9. The van der Waals surface area contributed by atoms with Crippen molar-refractivity contribution in [2.45, 2.75) is 51.6 Å². The van der Waals surface area contributed by atoms with E-state index in [-0.39, 0.29) is 0 Å². The fourth-order valence-corrected chi connectivity index (χ4v) is 3.89. The molecule has 0 bridgehead atoms. The predicted octanol–water partition coefficient (Wildman–Crippen LogP) is 3.09. The number of phenols is 1. The third-order valence-electron chi connectivity index (χ3n) is 4.89. The van der Waals surface area contributed by atoms with Gasteiger partial charge in [-0.1, -0.05) is 26.0 Å². The minimum absolute atomic E-state index is 0.439. The van der Waals surface area contributed by atoms with Crippen LogP contribution >= 0.6 is 0 Å². The molecular weight excluding hydrogens is 260 g/mol.